The first-order valence-electron chi connectivity index (χ1n) is 4.88. The molecule has 2 aromatic rings. The van der Waals surface area contributed by atoms with Crippen molar-refractivity contribution >= 4 is 23.2 Å². The van der Waals surface area contributed by atoms with Gasteiger partial charge in [0.05, 0.1) is 11.3 Å². The highest BCUT2D eigenvalue weighted by Gasteiger charge is 2.11. The predicted molar refractivity (Wildman–Crippen MR) is 62.8 cm³/mol. The number of benzene rings is 1. The number of carbonyl (C=O) groups excluding carboxylic acids is 1. The van der Waals surface area contributed by atoms with Crippen molar-refractivity contribution in [2.75, 3.05) is 5.32 Å². The lowest BCUT2D eigenvalue weighted by Gasteiger charge is -2.03. The molecule has 1 N–H and O–H groups in total. The quantitative estimate of drug-likeness (QED) is 0.888. The van der Waals surface area contributed by atoms with Gasteiger partial charge in [0.25, 0.3) is 5.91 Å². The highest BCUT2D eigenvalue weighted by atomic mass is 35.5. The zero-order valence-electron chi connectivity index (χ0n) is 8.96. The summed E-state index contributed by atoms with van der Waals surface area (Å²) in [6.07, 6.45) is 1.48. The van der Waals surface area contributed by atoms with Gasteiger partial charge in [-0.25, -0.2) is 4.39 Å². The number of aryl methyl sites for hydroxylation is 1. The highest BCUT2D eigenvalue weighted by molar-refractivity contribution is 6.31. The lowest BCUT2D eigenvalue weighted by atomic mass is 10.3. The van der Waals surface area contributed by atoms with Crippen LogP contribution in [0.15, 0.2) is 34.9 Å². The molecule has 0 unspecified atom stereocenters. The number of nitrogens with one attached hydrogen (secondary N) is 1. The minimum absolute atomic E-state index is 0.0431. The van der Waals surface area contributed by atoms with Gasteiger partial charge in [-0.3, -0.25) is 4.79 Å². The first-order chi connectivity index (χ1) is 8.06. The second kappa shape index (κ2) is 4.59. The van der Waals surface area contributed by atoms with E-state index in [0.29, 0.717) is 5.69 Å². The van der Waals surface area contributed by atoms with Crippen molar-refractivity contribution in [2.24, 2.45) is 0 Å². The van der Waals surface area contributed by atoms with Gasteiger partial charge in [0.2, 0.25) is 0 Å². The number of carbonyl (C=O) groups is 1. The Morgan fingerprint density at radius 2 is 2.18 bits per heavy atom. The number of hydrogen-bond donors (Lipinski definition) is 1. The summed E-state index contributed by atoms with van der Waals surface area (Å²) in [6, 6.07) is 5.56. The van der Waals surface area contributed by atoms with Crippen LogP contribution in [0.3, 0.4) is 0 Å². The molecule has 0 saturated heterocycles. The van der Waals surface area contributed by atoms with E-state index in [4.69, 9.17) is 16.0 Å². The van der Waals surface area contributed by atoms with E-state index >= 15 is 0 Å². The summed E-state index contributed by atoms with van der Waals surface area (Å²) in [5.41, 5.74) is 1.27. The normalized spacial score (nSPS) is 10.3. The average Bonchev–Trinajstić information content (AvgIpc) is 2.70. The largest absolute Gasteiger partial charge is 0.459 e. The molecule has 0 bridgehead atoms. The zero-order valence-corrected chi connectivity index (χ0v) is 9.72. The predicted octanol–water partition coefficient (Wildman–Crippen LogP) is 3.63. The molecule has 1 amide bonds. The van der Waals surface area contributed by atoms with Crippen LogP contribution in [0.4, 0.5) is 10.1 Å². The van der Waals surface area contributed by atoms with Crippen LogP contribution in [0.1, 0.15) is 16.1 Å². The van der Waals surface area contributed by atoms with Crippen molar-refractivity contribution in [3.05, 3.63) is 52.7 Å². The number of amides is 1. The van der Waals surface area contributed by atoms with Crippen LogP contribution in [-0.4, -0.2) is 5.91 Å². The molecule has 1 aromatic heterocycles. The van der Waals surface area contributed by atoms with Crippen molar-refractivity contribution < 1.29 is 13.6 Å². The molecule has 0 aliphatic rings. The van der Waals surface area contributed by atoms with E-state index in [-0.39, 0.29) is 10.8 Å². The lowest BCUT2D eigenvalue weighted by Crippen LogP contribution is -2.10. The Kier molecular flexibility index (Phi) is 3.15. The van der Waals surface area contributed by atoms with Crippen LogP contribution in [0.5, 0.6) is 0 Å². The van der Waals surface area contributed by atoms with Gasteiger partial charge in [0.15, 0.2) is 5.76 Å². The molecule has 3 nitrogen and oxygen atoms in total. The summed E-state index contributed by atoms with van der Waals surface area (Å²) >= 11 is 5.60. The molecule has 0 fully saturated rings. The minimum Gasteiger partial charge on any atom is -0.459 e. The van der Waals surface area contributed by atoms with Crippen LogP contribution in [0, 0.1) is 12.7 Å². The molecular weight excluding hydrogens is 245 g/mol. The third-order valence-corrected chi connectivity index (χ3v) is 2.42. The topological polar surface area (TPSA) is 42.2 Å². The maximum atomic E-state index is 12.9. The first-order valence-corrected chi connectivity index (χ1v) is 5.25. The van der Waals surface area contributed by atoms with Gasteiger partial charge in [-0.1, -0.05) is 11.6 Å². The van der Waals surface area contributed by atoms with Crippen LogP contribution in [0.25, 0.3) is 0 Å². The van der Waals surface area contributed by atoms with E-state index in [1.165, 1.54) is 24.5 Å². The standard InChI is InChI=1S/C12H9ClFNO2/c1-7-4-11(17-6-7)12(16)15-8-2-3-10(14)9(13)5-8/h2-6H,1H3,(H,15,16). The second-order valence-corrected chi connectivity index (χ2v) is 3.98. The molecule has 17 heavy (non-hydrogen) atoms. The fourth-order valence-electron chi connectivity index (χ4n) is 1.32. The van der Waals surface area contributed by atoms with Crippen molar-refractivity contribution in [3.8, 4) is 0 Å². The van der Waals surface area contributed by atoms with Crippen LogP contribution < -0.4 is 5.32 Å². The first kappa shape index (κ1) is 11.7. The molecule has 88 valence electrons. The SMILES string of the molecule is Cc1coc(C(=O)Nc2ccc(F)c(Cl)c2)c1. The molecule has 0 aliphatic heterocycles. The molecule has 5 heteroatoms. The summed E-state index contributed by atoms with van der Waals surface area (Å²) < 4.78 is 17.9. The fourth-order valence-corrected chi connectivity index (χ4v) is 1.50. The molecule has 2 rings (SSSR count). The number of rotatable bonds is 2. The summed E-state index contributed by atoms with van der Waals surface area (Å²) in [5, 5.41) is 2.51. The lowest BCUT2D eigenvalue weighted by molar-refractivity contribution is 0.0996. The fraction of sp³-hybridized carbons (Fsp3) is 0.0833. The molecule has 1 heterocycles. The molecule has 1 aromatic carbocycles. The summed E-state index contributed by atoms with van der Waals surface area (Å²) in [4.78, 5) is 11.7. The van der Waals surface area contributed by atoms with Crippen molar-refractivity contribution in [1.29, 1.82) is 0 Å². The zero-order chi connectivity index (χ0) is 12.4. The van der Waals surface area contributed by atoms with E-state index in [9.17, 15) is 9.18 Å². The summed E-state index contributed by atoms with van der Waals surface area (Å²) in [5.74, 6) is -0.734. The minimum atomic E-state index is -0.529. The van der Waals surface area contributed by atoms with Gasteiger partial charge >= 0.3 is 0 Å². The van der Waals surface area contributed by atoms with E-state index in [0.717, 1.165) is 5.56 Å². The molecule has 0 aliphatic carbocycles. The third kappa shape index (κ3) is 2.65. The maximum absolute atomic E-state index is 12.9. The van der Waals surface area contributed by atoms with E-state index in [2.05, 4.69) is 5.32 Å². The third-order valence-electron chi connectivity index (χ3n) is 2.13. The van der Waals surface area contributed by atoms with Crippen LogP contribution >= 0.6 is 11.6 Å². The molecule has 0 atom stereocenters. The van der Waals surface area contributed by atoms with Crippen LogP contribution in [-0.2, 0) is 0 Å². The van der Waals surface area contributed by atoms with Crippen molar-refractivity contribution in [3.63, 3.8) is 0 Å². The highest BCUT2D eigenvalue weighted by Crippen LogP contribution is 2.20. The molecular formula is C12H9ClFNO2. The Morgan fingerprint density at radius 3 is 2.76 bits per heavy atom. The summed E-state index contributed by atoms with van der Waals surface area (Å²) in [7, 11) is 0. The average molecular weight is 254 g/mol. The van der Waals surface area contributed by atoms with E-state index in [1.807, 2.05) is 6.92 Å². The van der Waals surface area contributed by atoms with E-state index < -0.39 is 11.7 Å². The number of halogens is 2. The van der Waals surface area contributed by atoms with Crippen LogP contribution in [0.2, 0.25) is 5.02 Å². The number of furan rings is 1. The number of hydrogen-bond acceptors (Lipinski definition) is 2. The maximum Gasteiger partial charge on any atom is 0.291 e. The van der Waals surface area contributed by atoms with E-state index in [1.54, 1.807) is 6.07 Å². The monoisotopic (exact) mass is 253 g/mol. The summed E-state index contributed by atoms with van der Waals surface area (Å²) in [6.45, 7) is 1.81. The smallest absolute Gasteiger partial charge is 0.291 e. The Hall–Kier alpha value is -1.81. The van der Waals surface area contributed by atoms with Crippen molar-refractivity contribution in [1.82, 2.24) is 0 Å². The molecule has 0 spiro atoms. The Labute approximate surface area is 102 Å². The Bertz CT molecular complexity index is 565. The van der Waals surface area contributed by atoms with Gasteiger partial charge in [-0.15, -0.1) is 0 Å². The molecule has 0 saturated carbocycles. The van der Waals surface area contributed by atoms with Gasteiger partial charge in [0, 0.05) is 5.69 Å². The van der Waals surface area contributed by atoms with Gasteiger partial charge < -0.3 is 9.73 Å². The van der Waals surface area contributed by atoms with Gasteiger partial charge in [-0.05, 0) is 36.8 Å². The Morgan fingerprint density at radius 1 is 1.41 bits per heavy atom. The number of anilines is 1. The van der Waals surface area contributed by atoms with Crippen molar-refractivity contribution in [2.45, 2.75) is 6.92 Å². The van der Waals surface area contributed by atoms with Gasteiger partial charge in [-0.2, -0.15) is 0 Å². The Balaban J connectivity index is 2.15. The van der Waals surface area contributed by atoms with Gasteiger partial charge in [0.1, 0.15) is 5.82 Å². The molecule has 0 radical (unpaired) electrons. The second-order valence-electron chi connectivity index (χ2n) is 3.57.